The van der Waals surface area contributed by atoms with Gasteiger partial charge < -0.3 is 20.7 Å². The van der Waals surface area contributed by atoms with Gasteiger partial charge in [0, 0.05) is 19.3 Å². The number of carbonyl (C=O) groups is 1. The summed E-state index contributed by atoms with van der Waals surface area (Å²) in [6.07, 6.45) is 2.49. The van der Waals surface area contributed by atoms with Gasteiger partial charge in [-0.25, -0.2) is 14.8 Å². The summed E-state index contributed by atoms with van der Waals surface area (Å²) in [6, 6.07) is 1.68. The van der Waals surface area contributed by atoms with Gasteiger partial charge in [0.15, 0.2) is 0 Å². The lowest BCUT2D eigenvalue weighted by Crippen LogP contribution is -2.54. The summed E-state index contributed by atoms with van der Waals surface area (Å²) in [5.41, 5.74) is 0. The Morgan fingerprint density at radius 1 is 1.50 bits per heavy atom. The molecule has 20 heavy (non-hydrogen) atoms. The number of amides is 2. The van der Waals surface area contributed by atoms with Crippen molar-refractivity contribution in [1.82, 2.24) is 20.6 Å². The molecular weight excluding hydrogens is 258 g/mol. The van der Waals surface area contributed by atoms with Crippen LogP contribution in [0.15, 0.2) is 12.3 Å². The van der Waals surface area contributed by atoms with Crippen LogP contribution in [0, 0.1) is 6.92 Å². The van der Waals surface area contributed by atoms with Crippen LogP contribution in [0.4, 0.5) is 10.6 Å². The third kappa shape index (κ3) is 4.06. The molecule has 1 aromatic heterocycles. The summed E-state index contributed by atoms with van der Waals surface area (Å²) in [6.45, 7) is 5.53. The van der Waals surface area contributed by atoms with E-state index in [9.17, 15) is 4.79 Å². The quantitative estimate of drug-likeness (QED) is 0.754. The molecular formula is C13H21N5O2. The maximum absolute atomic E-state index is 11.6. The molecule has 3 N–H and O–H groups in total. The molecule has 2 rings (SSSR count). The topological polar surface area (TPSA) is 88.2 Å². The number of hydrogen-bond acceptors (Lipinski definition) is 5. The van der Waals surface area contributed by atoms with Crippen molar-refractivity contribution in [3.63, 3.8) is 0 Å². The van der Waals surface area contributed by atoms with Crippen molar-refractivity contribution in [3.05, 3.63) is 18.1 Å². The van der Waals surface area contributed by atoms with Gasteiger partial charge in [0.05, 0.1) is 18.7 Å². The summed E-state index contributed by atoms with van der Waals surface area (Å²) in [4.78, 5) is 20.0. The second-order valence-electron chi connectivity index (χ2n) is 4.71. The number of nitrogens with one attached hydrogen (secondary N) is 3. The van der Waals surface area contributed by atoms with Crippen molar-refractivity contribution < 1.29 is 9.53 Å². The Morgan fingerprint density at radius 3 is 3.10 bits per heavy atom. The second kappa shape index (κ2) is 7.04. The standard InChI is InChI=1S/C13H21N5O2/c1-3-14-13(19)18-10-5-7-20-8-11(10)17-12-4-6-15-9(2)16-12/h4,6,10-11H,3,5,7-8H2,1-2H3,(H2,14,18,19)(H,15,16,17)/t10-,11+/m1/s1. The number of anilines is 1. The highest BCUT2D eigenvalue weighted by Gasteiger charge is 2.27. The van der Waals surface area contributed by atoms with Crippen molar-refractivity contribution in [2.24, 2.45) is 0 Å². The van der Waals surface area contributed by atoms with E-state index in [4.69, 9.17) is 4.74 Å². The normalized spacial score (nSPS) is 22.1. The second-order valence-corrected chi connectivity index (χ2v) is 4.71. The molecule has 0 spiro atoms. The van der Waals surface area contributed by atoms with Crippen LogP contribution < -0.4 is 16.0 Å². The highest BCUT2D eigenvalue weighted by atomic mass is 16.5. The fraction of sp³-hybridized carbons (Fsp3) is 0.615. The van der Waals surface area contributed by atoms with Crippen molar-refractivity contribution >= 4 is 11.8 Å². The monoisotopic (exact) mass is 279 g/mol. The molecule has 0 bridgehead atoms. The van der Waals surface area contributed by atoms with E-state index in [1.54, 1.807) is 6.20 Å². The van der Waals surface area contributed by atoms with Crippen LogP contribution in [0.5, 0.6) is 0 Å². The first-order chi connectivity index (χ1) is 9.69. The van der Waals surface area contributed by atoms with Gasteiger partial charge in [0.25, 0.3) is 0 Å². The molecule has 0 unspecified atom stereocenters. The lowest BCUT2D eigenvalue weighted by molar-refractivity contribution is 0.0700. The van der Waals surface area contributed by atoms with E-state index < -0.39 is 0 Å². The molecule has 7 heteroatoms. The molecule has 0 saturated carbocycles. The lowest BCUT2D eigenvalue weighted by atomic mass is 10.0. The van der Waals surface area contributed by atoms with Gasteiger partial charge in [-0.15, -0.1) is 0 Å². The Hall–Kier alpha value is -1.89. The fourth-order valence-corrected chi connectivity index (χ4v) is 2.16. The fourth-order valence-electron chi connectivity index (χ4n) is 2.16. The van der Waals surface area contributed by atoms with Gasteiger partial charge in [-0.05, 0) is 26.3 Å². The highest BCUT2D eigenvalue weighted by Crippen LogP contribution is 2.13. The van der Waals surface area contributed by atoms with Gasteiger partial charge in [-0.2, -0.15) is 0 Å². The SMILES string of the molecule is CCNC(=O)N[C@@H]1CCOC[C@@H]1Nc1ccnc(C)n1. The molecule has 0 radical (unpaired) electrons. The number of hydrogen-bond donors (Lipinski definition) is 3. The van der Waals surface area contributed by atoms with E-state index in [0.29, 0.717) is 25.6 Å². The Balaban J connectivity index is 1.97. The summed E-state index contributed by atoms with van der Waals surface area (Å²) in [7, 11) is 0. The number of carbonyl (C=O) groups excluding carboxylic acids is 1. The van der Waals surface area contributed by atoms with Gasteiger partial charge in [-0.1, -0.05) is 0 Å². The minimum Gasteiger partial charge on any atom is -0.379 e. The molecule has 1 fully saturated rings. The smallest absolute Gasteiger partial charge is 0.315 e. The van der Waals surface area contributed by atoms with Gasteiger partial charge in [0.1, 0.15) is 11.6 Å². The maximum Gasteiger partial charge on any atom is 0.315 e. The predicted octanol–water partition coefficient (Wildman–Crippen LogP) is 0.674. The van der Waals surface area contributed by atoms with Gasteiger partial charge >= 0.3 is 6.03 Å². The number of rotatable bonds is 4. The molecule has 2 amide bonds. The first-order valence-electron chi connectivity index (χ1n) is 6.87. The molecule has 0 aromatic carbocycles. The zero-order valence-corrected chi connectivity index (χ0v) is 11.8. The zero-order valence-electron chi connectivity index (χ0n) is 11.8. The first-order valence-corrected chi connectivity index (χ1v) is 6.87. The largest absolute Gasteiger partial charge is 0.379 e. The minimum absolute atomic E-state index is 0.000608. The zero-order chi connectivity index (χ0) is 14.4. The van der Waals surface area contributed by atoms with Crippen LogP contribution in [0.25, 0.3) is 0 Å². The van der Waals surface area contributed by atoms with Crippen molar-refractivity contribution in [1.29, 1.82) is 0 Å². The molecule has 7 nitrogen and oxygen atoms in total. The summed E-state index contributed by atoms with van der Waals surface area (Å²) < 4.78 is 5.48. The van der Waals surface area contributed by atoms with Crippen molar-refractivity contribution in [3.8, 4) is 0 Å². The van der Waals surface area contributed by atoms with Crippen LogP contribution in [0.2, 0.25) is 0 Å². The van der Waals surface area contributed by atoms with E-state index in [2.05, 4.69) is 25.9 Å². The van der Waals surface area contributed by atoms with Crippen LogP contribution in [0.3, 0.4) is 0 Å². The van der Waals surface area contributed by atoms with Crippen LogP contribution in [-0.4, -0.2) is 47.8 Å². The van der Waals surface area contributed by atoms with Crippen LogP contribution >= 0.6 is 0 Å². The number of ether oxygens (including phenoxy) is 1. The van der Waals surface area contributed by atoms with E-state index in [0.717, 1.165) is 12.2 Å². The average Bonchev–Trinajstić information content (AvgIpc) is 2.41. The maximum atomic E-state index is 11.6. The predicted molar refractivity (Wildman–Crippen MR) is 75.6 cm³/mol. The van der Waals surface area contributed by atoms with Gasteiger partial charge in [-0.3, -0.25) is 0 Å². The third-order valence-electron chi connectivity index (χ3n) is 3.12. The molecule has 2 atom stereocenters. The molecule has 2 heterocycles. The van der Waals surface area contributed by atoms with Crippen LogP contribution in [0.1, 0.15) is 19.2 Å². The molecule has 1 aliphatic rings. The summed E-state index contributed by atoms with van der Waals surface area (Å²) >= 11 is 0. The van der Waals surface area contributed by atoms with E-state index in [1.165, 1.54) is 0 Å². The van der Waals surface area contributed by atoms with E-state index >= 15 is 0 Å². The molecule has 1 aliphatic heterocycles. The Kier molecular flexibility index (Phi) is 5.11. The Labute approximate surface area is 118 Å². The number of urea groups is 1. The highest BCUT2D eigenvalue weighted by molar-refractivity contribution is 5.74. The van der Waals surface area contributed by atoms with Crippen LogP contribution in [-0.2, 0) is 4.74 Å². The summed E-state index contributed by atoms with van der Waals surface area (Å²) in [5.74, 6) is 1.45. The van der Waals surface area contributed by atoms with Crippen molar-refractivity contribution in [2.75, 3.05) is 25.1 Å². The summed E-state index contributed by atoms with van der Waals surface area (Å²) in [5, 5.41) is 9.01. The minimum atomic E-state index is -0.148. The molecule has 110 valence electrons. The van der Waals surface area contributed by atoms with Crippen molar-refractivity contribution in [2.45, 2.75) is 32.4 Å². The molecule has 0 aliphatic carbocycles. The van der Waals surface area contributed by atoms with E-state index in [1.807, 2.05) is 19.9 Å². The number of aryl methyl sites for hydroxylation is 1. The van der Waals surface area contributed by atoms with Gasteiger partial charge in [0.2, 0.25) is 0 Å². The average molecular weight is 279 g/mol. The Bertz CT molecular complexity index is 454. The Morgan fingerprint density at radius 2 is 2.35 bits per heavy atom. The number of aromatic nitrogens is 2. The van der Waals surface area contributed by atoms with E-state index in [-0.39, 0.29) is 18.1 Å². The molecule has 1 aromatic rings. The first kappa shape index (κ1) is 14.5. The third-order valence-corrected chi connectivity index (χ3v) is 3.12. The number of nitrogens with zero attached hydrogens (tertiary/aromatic N) is 2. The molecule has 1 saturated heterocycles. The lowest BCUT2D eigenvalue weighted by Gasteiger charge is -2.33.